The highest BCUT2D eigenvalue weighted by atomic mass is 35.5. The molecular weight excluding hydrogens is 458 g/mol. The van der Waals surface area contributed by atoms with Crippen LogP contribution in [-0.4, -0.2) is 32.3 Å². The molecule has 0 saturated carbocycles. The van der Waals surface area contributed by atoms with Crippen molar-refractivity contribution in [1.82, 2.24) is 20.1 Å². The highest BCUT2D eigenvalue weighted by Gasteiger charge is 2.26. The summed E-state index contributed by atoms with van der Waals surface area (Å²) in [5, 5.41) is 15.6. The van der Waals surface area contributed by atoms with Crippen LogP contribution in [0.15, 0.2) is 53.7 Å². The molecule has 7 nitrogen and oxygen atoms in total. The first-order valence-corrected chi connectivity index (χ1v) is 12.1. The largest absolute Gasteiger partial charge is 0.342 e. The van der Waals surface area contributed by atoms with E-state index < -0.39 is 0 Å². The van der Waals surface area contributed by atoms with Crippen LogP contribution >= 0.6 is 23.4 Å². The summed E-state index contributed by atoms with van der Waals surface area (Å²) in [6.45, 7) is 8.58. The molecule has 0 aliphatic carbocycles. The Morgan fingerprint density at radius 2 is 1.88 bits per heavy atom. The van der Waals surface area contributed by atoms with Crippen molar-refractivity contribution in [2.24, 2.45) is 5.92 Å². The number of amides is 2. The number of halogens is 1. The first-order valence-electron chi connectivity index (χ1n) is 10.8. The second-order valence-corrected chi connectivity index (χ2v) is 9.32. The molecule has 33 heavy (non-hydrogen) atoms. The molecule has 0 fully saturated rings. The SMILES string of the molecule is CCn1c(SCC(=O)Nc2cccc(C)c2)nnc1C(NC(=O)c1ccccc1Cl)C(C)C. The third-order valence-corrected chi connectivity index (χ3v) is 6.34. The minimum absolute atomic E-state index is 0.0633. The zero-order valence-corrected chi connectivity index (χ0v) is 20.7. The molecule has 0 aliphatic heterocycles. The topological polar surface area (TPSA) is 88.9 Å². The van der Waals surface area contributed by atoms with Crippen LogP contribution in [0.3, 0.4) is 0 Å². The molecule has 0 saturated heterocycles. The molecule has 0 aliphatic rings. The van der Waals surface area contributed by atoms with Crippen molar-refractivity contribution in [1.29, 1.82) is 0 Å². The van der Waals surface area contributed by atoms with Crippen molar-refractivity contribution >= 4 is 40.9 Å². The van der Waals surface area contributed by atoms with Crippen LogP contribution in [0.5, 0.6) is 0 Å². The molecule has 3 rings (SSSR count). The van der Waals surface area contributed by atoms with Gasteiger partial charge in [-0.25, -0.2) is 0 Å². The number of nitrogens with one attached hydrogen (secondary N) is 2. The Kier molecular flexibility index (Phi) is 8.52. The van der Waals surface area contributed by atoms with E-state index in [2.05, 4.69) is 20.8 Å². The van der Waals surface area contributed by atoms with E-state index in [1.807, 2.05) is 56.5 Å². The molecule has 0 radical (unpaired) electrons. The minimum atomic E-state index is -0.364. The van der Waals surface area contributed by atoms with Crippen LogP contribution in [0, 0.1) is 12.8 Å². The number of benzene rings is 2. The Balaban J connectivity index is 1.72. The van der Waals surface area contributed by atoms with E-state index in [4.69, 9.17) is 11.6 Å². The summed E-state index contributed by atoms with van der Waals surface area (Å²) in [6, 6.07) is 14.2. The summed E-state index contributed by atoms with van der Waals surface area (Å²) in [6.07, 6.45) is 0. The molecule has 0 bridgehead atoms. The van der Waals surface area contributed by atoms with Gasteiger partial charge in [0.25, 0.3) is 5.91 Å². The Hall–Kier alpha value is -2.84. The lowest BCUT2D eigenvalue weighted by molar-refractivity contribution is -0.113. The Morgan fingerprint density at radius 1 is 1.12 bits per heavy atom. The zero-order valence-electron chi connectivity index (χ0n) is 19.1. The van der Waals surface area contributed by atoms with E-state index >= 15 is 0 Å². The molecule has 174 valence electrons. The fourth-order valence-corrected chi connectivity index (χ4v) is 4.41. The van der Waals surface area contributed by atoms with Crippen molar-refractivity contribution in [2.45, 2.75) is 45.4 Å². The van der Waals surface area contributed by atoms with E-state index in [1.165, 1.54) is 11.8 Å². The quantitative estimate of drug-likeness (QED) is 0.411. The van der Waals surface area contributed by atoms with Gasteiger partial charge in [0.15, 0.2) is 11.0 Å². The average molecular weight is 486 g/mol. The minimum Gasteiger partial charge on any atom is -0.342 e. The molecule has 0 spiro atoms. The molecule has 1 aromatic heterocycles. The Bertz CT molecular complexity index is 1130. The standard InChI is InChI=1S/C24H28ClN5O2S/c1-5-30-22(21(15(2)3)27-23(32)18-11-6-7-12-19(18)25)28-29-24(30)33-14-20(31)26-17-10-8-9-16(4)13-17/h6-13,15,21H,5,14H2,1-4H3,(H,26,31)(H,27,32). The molecule has 1 unspecified atom stereocenters. The van der Waals surface area contributed by atoms with Crippen LogP contribution in [0.25, 0.3) is 0 Å². The van der Waals surface area contributed by atoms with Crippen molar-refractivity contribution in [3.8, 4) is 0 Å². The molecule has 2 N–H and O–H groups in total. The van der Waals surface area contributed by atoms with E-state index in [0.717, 1.165) is 11.3 Å². The van der Waals surface area contributed by atoms with Crippen molar-refractivity contribution < 1.29 is 9.59 Å². The summed E-state index contributed by atoms with van der Waals surface area (Å²) in [5.41, 5.74) is 2.25. The zero-order chi connectivity index (χ0) is 24.0. The van der Waals surface area contributed by atoms with Gasteiger partial charge < -0.3 is 15.2 Å². The van der Waals surface area contributed by atoms with Gasteiger partial charge in [0.2, 0.25) is 5.91 Å². The normalized spacial score (nSPS) is 11.9. The maximum absolute atomic E-state index is 12.9. The number of carbonyl (C=O) groups excluding carboxylic acids is 2. The third kappa shape index (κ3) is 6.36. The second kappa shape index (κ2) is 11.3. The monoisotopic (exact) mass is 485 g/mol. The number of aromatic nitrogens is 3. The van der Waals surface area contributed by atoms with Crippen LogP contribution in [0.2, 0.25) is 5.02 Å². The molecule has 9 heteroatoms. The van der Waals surface area contributed by atoms with E-state index in [-0.39, 0.29) is 29.5 Å². The van der Waals surface area contributed by atoms with Gasteiger partial charge in [-0.05, 0) is 49.6 Å². The van der Waals surface area contributed by atoms with Crippen LogP contribution < -0.4 is 10.6 Å². The van der Waals surface area contributed by atoms with Gasteiger partial charge in [0, 0.05) is 12.2 Å². The summed E-state index contributed by atoms with van der Waals surface area (Å²) >= 11 is 7.51. The van der Waals surface area contributed by atoms with Crippen molar-refractivity contribution in [3.63, 3.8) is 0 Å². The van der Waals surface area contributed by atoms with Gasteiger partial charge >= 0.3 is 0 Å². The van der Waals surface area contributed by atoms with Crippen molar-refractivity contribution in [2.75, 3.05) is 11.1 Å². The summed E-state index contributed by atoms with van der Waals surface area (Å²) < 4.78 is 1.93. The molecule has 2 aromatic carbocycles. The second-order valence-electron chi connectivity index (χ2n) is 7.97. The fourth-order valence-electron chi connectivity index (χ4n) is 3.38. The van der Waals surface area contributed by atoms with Crippen LogP contribution in [0.1, 0.15) is 48.6 Å². The molecule has 1 heterocycles. The van der Waals surface area contributed by atoms with E-state index in [9.17, 15) is 9.59 Å². The predicted molar refractivity (Wildman–Crippen MR) is 133 cm³/mol. The van der Waals surface area contributed by atoms with Crippen molar-refractivity contribution in [3.05, 3.63) is 70.5 Å². The number of nitrogens with zero attached hydrogens (tertiary/aromatic N) is 3. The maximum atomic E-state index is 12.9. The molecule has 1 atom stereocenters. The molecule has 2 amide bonds. The lowest BCUT2D eigenvalue weighted by atomic mass is 10.0. The Labute approximate surface area is 203 Å². The first-order chi connectivity index (χ1) is 15.8. The van der Waals surface area contributed by atoms with Gasteiger partial charge in [0.1, 0.15) is 0 Å². The number of anilines is 1. The van der Waals surface area contributed by atoms with E-state index in [1.54, 1.807) is 24.3 Å². The lowest BCUT2D eigenvalue weighted by Gasteiger charge is -2.22. The lowest BCUT2D eigenvalue weighted by Crippen LogP contribution is -2.34. The van der Waals surface area contributed by atoms with Crippen LogP contribution in [0.4, 0.5) is 5.69 Å². The predicted octanol–water partition coefficient (Wildman–Crippen LogP) is 5.12. The maximum Gasteiger partial charge on any atom is 0.253 e. The number of rotatable bonds is 9. The summed E-state index contributed by atoms with van der Waals surface area (Å²) in [7, 11) is 0. The average Bonchev–Trinajstić information content (AvgIpc) is 3.18. The number of hydrogen-bond acceptors (Lipinski definition) is 5. The van der Waals surface area contributed by atoms with Gasteiger partial charge in [-0.2, -0.15) is 0 Å². The van der Waals surface area contributed by atoms with Gasteiger partial charge in [-0.3, -0.25) is 9.59 Å². The fraction of sp³-hybridized carbons (Fsp3) is 0.333. The highest BCUT2D eigenvalue weighted by Crippen LogP contribution is 2.26. The number of thioether (sulfide) groups is 1. The molecule has 3 aromatic rings. The van der Waals surface area contributed by atoms with E-state index in [0.29, 0.717) is 28.1 Å². The third-order valence-electron chi connectivity index (χ3n) is 5.05. The summed E-state index contributed by atoms with van der Waals surface area (Å²) in [4.78, 5) is 25.3. The van der Waals surface area contributed by atoms with Gasteiger partial charge in [-0.15, -0.1) is 10.2 Å². The first kappa shape index (κ1) is 24.8. The molecular formula is C24H28ClN5O2S. The smallest absolute Gasteiger partial charge is 0.253 e. The Morgan fingerprint density at radius 3 is 2.55 bits per heavy atom. The van der Waals surface area contributed by atoms with Gasteiger partial charge in [0.05, 0.1) is 22.4 Å². The number of aryl methyl sites for hydroxylation is 1. The summed E-state index contributed by atoms with van der Waals surface area (Å²) in [5.74, 6) is 0.523. The van der Waals surface area contributed by atoms with Crippen LogP contribution in [-0.2, 0) is 11.3 Å². The van der Waals surface area contributed by atoms with Gasteiger partial charge in [-0.1, -0.05) is 61.5 Å². The highest BCUT2D eigenvalue weighted by molar-refractivity contribution is 7.99. The number of hydrogen-bond donors (Lipinski definition) is 2. The number of carbonyl (C=O) groups is 2.